The number of anilines is 4. The Hall–Kier alpha value is -10.1. The Labute approximate surface area is 638 Å². The minimum Gasteiger partial charge on any atom is -0.478 e. The molecule has 576 valence electrons. The number of carbonyl (C=O) groups excluding carboxylic acids is 4. The van der Waals surface area contributed by atoms with Crippen LogP contribution in [0.25, 0.3) is 0 Å². The van der Waals surface area contributed by atoms with E-state index in [-0.39, 0.29) is 52.0 Å². The number of piperidine rings is 2. The van der Waals surface area contributed by atoms with Gasteiger partial charge in [0.2, 0.25) is 17.6 Å². The lowest BCUT2D eigenvalue weighted by molar-refractivity contribution is 0.0581. The zero-order valence-electron chi connectivity index (χ0n) is 64.8. The fraction of sp³-hybridized carbons (Fsp3) is 0.402. The highest BCUT2D eigenvalue weighted by Crippen LogP contribution is 2.36. The van der Waals surface area contributed by atoms with Crippen molar-refractivity contribution in [2.75, 3.05) is 63.3 Å². The molecule has 6 heterocycles. The molecule has 10 rings (SSSR count). The number of Topliss-reactive ketones (excluding diaryl/α,β-unsaturated/α-hetero) is 1. The van der Waals surface area contributed by atoms with Gasteiger partial charge in [0.25, 0.3) is 0 Å². The molecule has 0 radical (unpaired) electrons. The molecule has 0 atom stereocenters. The molecule has 1 amide bonds. The van der Waals surface area contributed by atoms with Gasteiger partial charge in [-0.25, -0.2) is 24.2 Å². The molecule has 0 spiro atoms. The lowest BCUT2D eigenvalue weighted by Crippen LogP contribution is -2.60. The zero-order chi connectivity index (χ0) is 79.1. The number of aromatic carboxylic acids is 1. The van der Waals surface area contributed by atoms with Gasteiger partial charge in [-0.2, -0.15) is 15.0 Å². The summed E-state index contributed by atoms with van der Waals surface area (Å²) in [6.07, 6.45) is 4.38. The number of rotatable bonds is 20. The fourth-order valence-corrected chi connectivity index (χ4v) is 12.4. The van der Waals surface area contributed by atoms with E-state index in [9.17, 15) is 24.0 Å². The molecule has 2 saturated heterocycles. The topological polar surface area (TPSA) is 322 Å². The summed E-state index contributed by atoms with van der Waals surface area (Å²) in [4.78, 5) is 75.9. The number of nitrogens with one attached hydrogen (secondary N) is 5. The molecule has 24 nitrogen and oxygen atoms in total. The Morgan fingerprint density at radius 1 is 0.514 bits per heavy atom. The second-order valence-corrected chi connectivity index (χ2v) is 30.0. The maximum atomic E-state index is 12.8. The lowest BCUT2D eigenvalue weighted by Gasteiger charge is -2.46. The SMILES string of the molecule is CC1(C)CC(N)CC(C)(C)N1.CN(C(=O)OC(C)(C)C)c1cccc(Br)n1.CNc1cccc(OCc2ccc(C(=O)CC3CC(C)(C)NC(C)(C)C3)cc2)n1.CNc1cccc(OCc2ccc(C(=O)O)cc2)n1.CNc1cccc(OCc2ccc(C(=O)OC)cc2)n1.COC(=O)c1ccc(CO)cc1. The number of carboxylic acid groups (broad SMARTS) is 1. The third-order valence-corrected chi connectivity index (χ3v) is 16.6. The minimum atomic E-state index is -0.934. The first-order valence-corrected chi connectivity index (χ1v) is 35.9. The quantitative estimate of drug-likeness (QED) is 0.0152. The zero-order valence-corrected chi connectivity index (χ0v) is 66.3. The second-order valence-electron chi connectivity index (χ2n) is 29.1. The number of esters is 2. The van der Waals surface area contributed by atoms with Gasteiger partial charge in [0, 0.05) is 86.6 Å². The van der Waals surface area contributed by atoms with E-state index in [1.807, 2.05) is 113 Å². The molecule has 107 heavy (non-hydrogen) atoms. The average molecular weight is 1540 g/mol. The van der Waals surface area contributed by atoms with Crippen molar-refractivity contribution in [1.29, 1.82) is 0 Å². The van der Waals surface area contributed by atoms with Crippen LogP contribution in [-0.4, -0.2) is 136 Å². The molecule has 8 aromatic rings. The fourth-order valence-electron chi connectivity index (χ4n) is 12.1. The molecular formula is C82H108BrN11O13. The number of hydrogen-bond acceptors (Lipinski definition) is 22. The summed E-state index contributed by atoms with van der Waals surface area (Å²) in [5.74, 6) is 3.44. The maximum Gasteiger partial charge on any atom is 0.415 e. The predicted octanol–water partition coefficient (Wildman–Crippen LogP) is 15.2. The number of ether oxygens (including phenoxy) is 6. The van der Waals surface area contributed by atoms with Crippen molar-refractivity contribution in [3.8, 4) is 17.6 Å². The number of benzene rings is 4. The van der Waals surface area contributed by atoms with E-state index in [4.69, 9.17) is 34.9 Å². The van der Waals surface area contributed by atoms with Crippen molar-refractivity contribution in [2.24, 2.45) is 11.7 Å². The smallest absolute Gasteiger partial charge is 0.415 e. The molecule has 0 bridgehead atoms. The summed E-state index contributed by atoms with van der Waals surface area (Å²) in [5.41, 5.74) is 11.7. The molecule has 25 heteroatoms. The van der Waals surface area contributed by atoms with Gasteiger partial charge in [0.1, 0.15) is 53.3 Å². The van der Waals surface area contributed by atoms with Crippen LogP contribution in [0.3, 0.4) is 0 Å². The van der Waals surface area contributed by atoms with Gasteiger partial charge in [-0.05, 0) is 213 Å². The largest absolute Gasteiger partial charge is 0.478 e. The number of hydrogen-bond donors (Lipinski definition) is 8. The number of nitrogens with two attached hydrogens (primary N) is 1. The van der Waals surface area contributed by atoms with Crippen molar-refractivity contribution in [3.05, 3.63) is 219 Å². The number of pyridine rings is 4. The highest BCUT2D eigenvalue weighted by atomic mass is 79.9. The third kappa shape index (κ3) is 32.3. The molecular weight excluding hydrogens is 1430 g/mol. The van der Waals surface area contributed by atoms with E-state index in [0.29, 0.717) is 77.4 Å². The molecule has 0 unspecified atom stereocenters. The average Bonchev–Trinajstić information content (AvgIpc) is 0.818. The molecule has 0 saturated carbocycles. The third-order valence-electron chi connectivity index (χ3n) is 16.2. The van der Waals surface area contributed by atoms with Gasteiger partial charge in [-0.1, -0.05) is 84.9 Å². The highest BCUT2D eigenvalue weighted by molar-refractivity contribution is 9.10. The molecule has 9 N–H and O–H groups in total. The molecule has 2 aliphatic rings. The van der Waals surface area contributed by atoms with Gasteiger partial charge in [-0.15, -0.1) is 0 Å². The van der Waals surface area contributed by atoms with Crippen LogP contribution in [0, 0.1) is 5.92 Å². The van der Waals surface area contributed by atoms with E-state index >= 15 is 0 Å². The van der Waals surface area contributed by atoms with E-state index in [2.05, 4.69) is 127 Å². The number of halogens is 1. The Morgan fingerprint density at radius 3 is 1.19 bits per heavy atom. The van der Waals surface area contributed by atoms with Gasteiger partial charge in [0.05, 0.1) is 37.5 Å². The van der Waals surface area contributed by atoms with E-state index in [1.54, 1.807) is 106 Å². The number of carboxylic acids is 1. The van der Waals surface area contributed by atoms with Crippen molar-refractivity contribution in [2.45, 2.75) is 168 Å². The number of methoxy groups -OCH3 is 2. The summed E-state index contributed by atoms with van der Waals surface area (Å²) in [6, 6.07) is 50.3. The summed E-state index contributed by atoms with van der Waals surface area (Å²) >= 11 is 3.25. The highest BCUT2D eigenvalue weighted by Gasteiger charge is 2.39. The first-order valence-electron chi connectivity index (χ1n) is 35.1. The van der Waals surface area contributed by atoms with Gasteiger partial charge in [-0.3, -0.25) is 9.69 Å². The number of aliphatic hydroxyl groups is 1. The number of nitrogens with zero attached hydrogens (tertiary/aromatic N) is 5. The predicted molar refractivity (Wildman–Crippen MR) is 424 cm³/mol. The Bertz CT molecular complexity index is 4070. The van der Waals surface area contributed by atoms with Crippen LogP contribution >= 0.6 is 15.9 Å². The first kappa shape index (κ1) is 87.6. The molecule has 2 fully saturated rings. The van der Waals surface area contributed by atoms with Crippen LogP contribution < -0.4 is 51.4 Å². The van der Waals surface area contributed by atoms with Crippen molar-refractivity contribution in [1.82, 2.24) is 30.6 Å². The summed E-state index contributed by atoms with van der Waals surface area (Å²) < 4.78 is 31.9. The van der Waals surface area contributed by atoms with E-state index in [0.717, 1.165) is 71.0 Å². The van der Waals surface area contributed by atoms with Crippen LogP contribution in [0.4, 0.5) is 28.1 Å². The first-order chi connectivity index (χ1) is 50.4. The Balaban J connectivity index is 0.000000237. The van der Waals surface area contributed by atoms with Gasteiger partial charge in [0.15, 0.2) is 5.78 Å². The standard InChI is InChI=1S/C24H33N3O2.C15H16N2O3.C14H14N2O3.C11H15BrN2O2.C9H20N2.C9H10O3/c1-23(2)14-18(15-24(3,4)27-23)13-20(28)19-11-9-17(10-12-19)16-29-22-8-6-7-21(25-5)26-22;1-16-13-4-3-5-14(17-13)20-10-11-6-8-12(9-7-11)15(18)19-2;1-15-12-3-2-4-13(16-12)19-9-10-5-7-11(8-6-10)14(17)18;1-11(2,3)16-10(15)14(4)9-7-5-6-8(12)13-9;1-8(2)5-7(10)6-9(3,4)11-8;1-12-9(11)8-4-2-7(6-10)3-5-8/h6-12,18,27H,13-16H2,1-5H3,(H,25,26);3-9H,10H2,1-2H3,(H,16,17);2-8H,9H2,1H3,(H,15,16)(H,17,18);5-7H,1-4H3;7,11H,5-6,10H2,1-4H3;2-5,10H,6H2,1H3. The maximum absolute atomic E-state index is 12.8. The molecule has 4 aromatic heterocycles. The monoisotopic (exact) mass is 1530 g/mol. The van der Waals surface area contributed by atoms with Crippen molar-refractivity contribution >= 4 is 69.0 Å². The number of aliphatic hydroxyl groups excluding tert-OH is 1. The molecule has 4 aromatic carbocycles. The van der Waals surface area contributed by atoms with Crippen LogP contribution in [0.1, 0.15) is 172 Å². The number of carbonyl (C=O) groups is 5. The summed E-state index contributed by atoms with van der Waals surface area (Å²) in [6.45, 7) is 24.4. The lowest BCUT2D eigenvalue weighted by atomic mass is 9.74. The second kappa shape index (κ2) is 41.7. The summed E-state index contributed by atoms with van der Waals surface area (Å²) in [5, 5.41) is 33.6. The van der Waals surface area contributed by atoms with Crippen LogP contribution in [0.5, 0.6) is 17.6 Å². The normalized spacial score (nSPS) is 14.4. The number of amides is 1. The minimum absolute atomic E-state index is 0.0124. The van der Waals surface area contributed by atoms with Gasteiger partial charge >= 0.3 is 24.0 Å². The van der Waals surface area contributed by atoms with E-state index in [1.165, 1.54) is 19.1 Å². The molecule has 0 aliphatic carbocycles. The van der Waals surface area contributed by atoms with E-state index < -0.39 is 17.7 Å². The van der Waals surface area contributed by atoms with Crippen LogP contribution in [0.2, 0.25) is 0 Å². The molecule has 2 aliphatic heterocycles. The van der Waals surface area contributed by atoms with Crippen LogP contribution in [0.15, 0.2) is 174 Å². The van der Waals surface area contributed by atoms with Gasteiger partial charge < -0.3 is 71.0 Å². The number of ketones is 1. The Kier molecular flexibility index (Phi) is 34.2. The van der Waals surface area contributed by atoms with Crippen LogP contribution in [-0.2, 0) is 40.6 Å². The van der Waals surface area contributed by atoms with Crippen molar-refractivity contribution in [3.63, 3.8) is 0 Å². The van der Waals surface area contributed by atoms with Crippen molar-refractivity contribution < 1.29 is 62.6 Å². The summed E-state index contributed by atoms with van der Waals surface area (Å²) in [7, 11) is 9.74. The Morgan fingerprint density at radius 2 is 0.860 bits per heavy atom. The number of aromatic nitrogens is 4.